The highest BCUT2D eigenvalue weighted by molar-refractivity contribution is 8.08. The van der Waals surface area contributed by atoms with Crippen molar-refractivity contribution in [2.45, 2.75) is 49.0 Å². The molecule has 0 amide bonds. The van der Waals surface area contributed by atoms with Crippen LogP contribution in [0.5, 0.6) is 0 Å². The Morgan fingerprint density at radius 3 is 1.83 bits per heavy atom. The zero-order valence-electron chi connectivity index (χ0n) is 22.9. The van der Waals surface area contributed by atoms with E-state index in [4.69, 9.17) is 41.8 Å². The molecule has 0 aliphatic carbocycles. The quantitative estimate of drug-likeness (QED) is 0.0889. The SMILES string of the molecule is Nc1nc2c(ncn2[C@@H]2O[C@@H]3COP(O)(=S)N[C@H]4[C@@H](O)[C@H](n5cnc6c(=O)[nH]c(N)nc65)O[C@@H]4COP(=O)([O-])N[C@H]3[C@H]2O)c(=O)[nH]1. The van der Waals surface area contributed by atoms with Gasteiger partial charge in [-0.3, -0.25) is 33.3 Å². The molecule has 3 fully saturated rings. The molecule has 7 rings (SSSR count). The summed E-state index contributed by atoms with van der Waals surface area (Å²) in [4.78, 5) is 69.3. The van der Waals surface area contributed by atoms with Crippen LogP contribution < -0.4 is 37.7 Å². The Bertz CT molecular complexity index is 1910. The summed E-state index contributed by atoms with van der Waals surface area (Å²) < 4.78 is 38.2. The first-order chi connectivity index (χ1) is 21.7. The van der Waals surface area contributed by atoms with Crippen LogP contribution in [0.25, 0.3) is 22.3 Å². The van der Waals surface area contributed by atoms with Crippen molar-refractivity contribution in [1.29, 1.82) is 0 Å². The highest BCUT2D eigenvalue weighted by Crippen LogP contribution is 2.46. The van der Waals surface area contributed by atoms with E-state index in [0.717, 1.165) is 6.33 Å². The number of anilines is 2. The van der Waals surface area contributed by atoms with Gasteiger partial charge < -0.3 is 50.0 Å². The smallest absolute Gasteiger partial charge is 0.280 e. The molecule has 0 spiro atoms. The predicted molar refractivity (Wildman–Crippen MR) is 155 cm³/mol. The minimum Gasteiger partial charge on any atom is -0.766 e. The maximum Gasteiger partial charge on any atom is 0.280 e. The minimum atomic E-state index is -5.02. The molecule has 4 aromatic rings. The van der Waals surface area contributed by atoms with Crippen LogP contribution in [0.15, 0.2) is 22.2 Å². The van der Waals surface area contributed by atoms with Gasteiger partial charge in [0.2, 0.25) is 19.6 Å². The Labute approximate surface area is 259 Å². The van der Waals surface area contributed by atoms with E-state index in [2.05, 4.69) is 40.1 Å². The van der Waals surface area contributed by atoms with Gasteiger partial charge in [0, 0.05) is 0 Å². The normalized spacial score (nSPS) is 37.1. The highest BCUT2D eigenvalue weighted by Gasteiger charge is 2.50. The third-order valence-corrected chi connectivity index (χ3v) is 10.5. The lowest BCUT2D eigenvalue weighted by Gasteiger charge is -2.34. The average Bonchev–Trinajstić information content (AvgIpc) is 3.72. The van der Waals surface area contributed by atoms with Gasteiger partial charge in [0.25, 0.3) is 17.8 Å². The molecule has 0 radical (unpaired) electrons. The minimum absolute atomic E-state index is 0.0407. The number of fused-ring (bicyclic) bond motifs is 4. The summed E-state index contributed by atoms with van der Waals surface area (Å²) in [5, 5.41) is 27.4. The van der Waals surface area contributed by atoms with Gasteiger partial charge in [-0.15, -0.1) is 0 Å². The monoisotopic (exact) mass is 703 g/mol. The number of H-pyrrole nitrogens is 2. The number of aromatic amines is 2. The summed E-state index contributed by atoms with van der Waals surface area (Å²) in [6.45, 7) is -5.28. The number of rotatable bonds is 2. The van der Waals surface area contributed by atoms with E-state index in [9.17, 15) is 34.2 Å². The lowest BCUT2D eigenvalue weighted by Crippen LogP contribution is -2.49. The Hall–Kier alpha value is -3.22. The van der Waals surface area contributed by atoms with E-state index in [1.807, 2.05) is 0 Å². The van der Waals surface area contributed by atoms with Crippen LogP contribution in [-0.4, -0.2) is 104 Å². The van der Waals surface area contributed by atoms with Crippen LogP contribution in [-0.2, 0) is 34.9 Å². The number of aromatic nitrogens is 8. The number of ether oxygens (including phenoxy) is 2. The molecule has 3 saturated heterocycles. The lowest BCUT2D eigenvalue weighted by molar-refractivity contribution is -0.206. The largest absolute Gasteiger partial charge is 0.766 e. The van der Waals surface area contributed by atoms with Gasteiger partial charge in [-0.2, -0.15) is 9.97 Å². The number of hydrogen-bond acceptors (Lipinski definition) is 17. The van der Waals surface area contributed by atoms with Gasteiger partial charge in [-0.05, 0) is 11.8 Å². The van der Waals surface area contributed by atoms with Crippen LogP contribution in [0.2, 0.25) is 0 Å². The Morgan fingerprint density at radius 1 is 0.870 bits per heavy atom. The predicted octanol–water partition coefficient (Wildman–Crippen LogP) is -4.42. The van der Waals surface area contributed by atoms with E-state index in [-0.39, 0.29) is 34.2 Å². The van der Waals surface area contributed by atoms with Gasteiger partial charge in [0.1, 0.15) is 24.4 Å². The Kier molecular flexibility index (Phi) is 7.64. The van der Waals surface area contributed by atoms with Gasteiger partial charge in [0.05, 0.1) is 38.0 Å². The first-order valence-electron chi connectivity index (χ1n) is 13.3. The van der Waals surface area contributed by atoms with Crippen LogP contribution in [0.4, 0.5) is 11.9 Å². The molecule has 2 unspecified atom stereocenters. The standard InChI is InChI=1S/C20H26N12O11P2S/c21-19-25-13-9(15(35)27-19)23-3-31(13)17-11(33)7-6(43-17)2-41-45(39,46)30-8-5(1-40-44(37,38)29-7)42-18(12(8)34)32-4-24-10-14(32)26-20(22)28-16(10)36/h3-8,11-12,17-18,33-34H,1-2H2,(H2,29,37,38)(H2,30,39,46)(H3,21,25,27,35)(H3,22,26,28,36)/p-1/t5-,6-,7-,8-,11-,12-,17-,18-,45?/m1/s1. The van der Waals surface area contributed by atoms with Crippen molar-refractivity contribution in [3.63, 3.8) is 0 Å². The number of nitrogens with two attached hydrogens (primary N) is 2. The molecular formula is C20H25N12O11P2S-. The van der Waals surface area contributed by atoms with Crippen LogP contribution in [0, 0.1) is 0 Å². The molecule has 23 nitrogen and oxygen atoms in total. The molecule has 46 heavy (non-hydrogen) atoms. The van der Waals surface area contributed by atoms with Crippen molar-refractivity contribution in [3.8, 4) is 0 Å². The molecule has 0 aromatic carbocycles. The Balaban J connectivity index is 1.18. The van der Waals surface area contributed by atoms with Crippen LogP contribution >= 0.6 is 14.4 Å². The van der Waals surface area contributed by atoms with Crippen molar-refractivity contribution in [2.24, 2.45) is 0 Å². The molecule has 26 heteroatoms. The molecule has 248 valence electrons. The average molecular weight is 704 g/mol. The van der Waals surface area contributed by atoms with Gasteiger partial charge in [-0.25, -0.2) is 20.1 Å². The second-order valence-corrected chi connectivity index (χ2v) is 15.1. The first-order valence-corrected chi connectivity index (χ1v) is 17.5. The molecular weight excluding hydrogens is 678 g/mol. The van der Waals surface area contributed by atoms with E-state index in [1.54, 1.807) is 0 Å². The number of nitrogens with one attached hydrogen (secondary N) is 4. The van der Waals surface area contributed by atoms with Gasteiger partial charge in [-0.1, -0.05) is 0 Å². The van der Waals surface area contributed by atoms with Crippen molar-refractivity contribution < 1.29 is 43.1 Å². The third-order valence-electron chi connectivity index (χ3n) is 7.64. The molecule has 3 aliphatic heterocycles. The zero-order chi connectivity index (χ0) is 32.7. The molecule has 7 heterocycles. The summed E-state index contributed by atoms with van der Waals surface area (Å²) in [5.74, 6) is -0.471. The molecule has 3 aliphatic rings. The van der Waals surface area contributed by atoms with E-state index in [1.165, 1.54) is 15.5 Å². The van der Waals surface area contributed by atoms with Crippen molar-refractivity contribution >= 4 is 60.4 Å². The van der Waals surface area contributed by atoms with Crippen LogP contribution in [0.1, 0.15) is 12.5 Å². The summed E-state index contributed by atoms with van der Waals surface area (Å²) in [5.41, 5.74) is 9.70. The Morgan fingerprint density at radius 2 is 1.33 bits per heavy atom. The van der Waals surface area contributed by atoms with E-state index < -0.39 is 87.7 Å². The molecule has 0 bridgehead atoms. The fraction of sp³-hybridized carbons (Fsp3) is 0.500. The summed E-state index contributed by atoms with van der Waals surface area (Å²) >= 11 is 5.29. The fourth-order valence-electron chi connectivity index (χ4n) is 5.60. The first kappa shape index (κ1) is 31.4. The molecule has 11 N–H and O–H groups in total. The number of aliphatic hydroxyl groups is 2. The van der Waals surface area contributed by atoms with E-state index >= 15 is 0 Å². The maximum absolute atomic E-state index is 13.1. The fourth-order valence-corrected chi connectivity index (χ4v) is 8.37. The summed E-state index contributed by atoms with van der Waals surface area (Å²) in [7, 11) is -5.02. The van der Waals surface area contributed by atoms with Gasteiger partial charge in [0.15, 0.2) is 34.8 Å². The highest BCUT2D eigenvalue weighted by atomic mass is 32.5. The zero-order valence-corrected chi connectivity index (χ0v) is 25.5. The van der Waals surface area contributed by atoms with Crippen molar-refractivity contribution in [3.05, 3.63) is 33.4 Å². The van der Waals surface area contributed by atoms with E-state index in [0.29, 0.717) is 0 Å². The molecule has 0 saturated carbocycles. The number of nitrogen functional groups attached to an aromatic ring is 2. The summed E-state index contributed by atoms with van der Waals surface area (Å²) in [6, 6.07) is -2.70. The second kappa shape index (κ2) is 11.2. The lowest BCUT2D eigenvalue weighted by atomic mass is 10.1. The number of hydrogen-bond donors (Lipinski definition) is 9. The number of aliphatic hydroxyl groups excluding tert-OH is 2. The number of nitrogens with zero attached hydrogens (tertiary/aromatic N) is 6. The maximum atomic E-state index is 13.1. The summed E-state index contributed by atoms with van der Waals surface area (Å²) in [6.07, 6.45) is -6.10. The number of imidazole rings is 2. The molecule has 10 atom stereocenters. The second-order valence-electron chi connectivity index (χ2n) is 10.6. The third kappa shape index (κ3) is 5.45. The van der Waals surface area contributed by atoms with Crippen molar-refractivity contribution in [1.82, 2.24) is 49.2 Å². The van der Waals surface area contributed by atoms with Crippen molar-refractivity contribution in [2.75, 3.05) is 24.7 Å². The van der Waals surface area contributed by atoms with Crippen LogP contribution in [0.3, 0.4) is 0 Å². The molecule has 4 aromatic heterocycles. The topological polar surface area (TPSA) is 341 Å². The van der Waals surface area contributed by atoms with Gasteiger partial charge >= 0.3 is 0 Å².